The molecule has 0 aromatic rings. The SMILES string of the molecule is CCC1(C(=O)N(C)C2CCN(C)CC2)COC1. The molecule has 0 unspecified atom stereocenters. The fourth-order valence-corrected chi connectivity index (χ4v) is 2.75. The zero-order valence-electron chi connectivity index (χ0n) is 11.2. The number of hydrogen-bond acceptors (Lipinski definition) is 3. The summed E-state index contributed by atoms with van der Waals surface area (Å²) < 4.78 is 5.25. The molecular weight excluding hydrogens is 216 g/mol. The summed E-state index contributed by atoms with van der Waals surface area (Å²) in [5, 5.41) is 0. The second kappa shape index (κ2) is 4.94. The lowest BCUT2D eigenvalue weighted by atomic mass is 9.81. The number of nitrogens with zero attached hydrogens (tertiary/aromatic N) is 2. The van der Waals surface area contributed by atoms with E-state index in [2.05, 4.69) is 18.9 Å². The van der Waals surface area contributed by atoms with Gasteiger partial charge in [0.15, 0.2) is 0 Å². The van der Waals surface area contributed by atoms with Gasteiger partial charge in [0.05, 0.1) is 18.6 Å². The minimum absolute atomic E-state index is 0.210. The number of hydrogen-bond donors (Lipinski definition) is 0. The van der Waals surface area contributed by atoms with E-state index in [1.54, 1.807) is 0 Å². The first kappa shape index (κ1) is 12.8. The highest BCUT2D eigenvalue weighted by Gasteiger charge is 2.46. The summed E-state index contributed by atoms with van der Waals surface area (Å²) in [6.07, 6.45) is 3.08. The summed E-state index contributed by atoms with van der Waals surface area (Å²) in [5.74, 6) is 0.292. The molecular formula is C13H24N2O2. The topological polar surface area (TPSA) is 32.8 Å². The average Bonchev–Trinajstić information content (AvgIpc) is 2.28. The molecule has 0 radical (unpaired) electrons. The molecule has 0 saturated carbocycles. The fourth-order valence-electron chi connectivity index (χ4n) is 2.75. The van der Waals surface area contributed by atoms with Crippen LogP contribution in [0.1, 0.15) is 26.2 Å². The van der Waals surface area contributed by atoms with Gasteiger partial charge in [-0.05, 0) is 39.4 Å². The van der Waals surface area contributed by atoms with E-state index in [1.807, 2.05) is 11.9 Å². The van der Waals surface area contributed by atoms with Crippen molar-refractivity contribution in [3.05, 3.63) is 0 Å². The van der Waals surface area contributed by atoms with Gasteiger partial charge >= 0.3 is 0 Å². The molecule has 4 nitrogen and oxygen atoms in total. The van der Waals surface area contributed by atoms with Crippen molar-refractivity contribution in [2.45, 2.75) is 32.2 Å². The van der Waals surface area contributed by atoms with E-state index in [-0.39, 0.29) is 5.41 Å². The molecule has 0 aromatic carbocycles. The Balaban J connectivity index is 1.95. The minimum Gasteiger partial charge on any atom is -0.379 e. The zero-order chi connectivity index (χ0) is 12.5. The first-order chi connectivity index (χ1) is 8.09. The third-order valence-corrected chi connectivity index (χ3v) is 4.44. The molecule has 0 bridgehead atoms. The van der Waals surface area contributed by atoms with Gasteiger partial charge in [-0.2, -0.15) is 0 Å². The lowest BCUT2D eigenvalue weighted by molar-refractivity contribution is -0.174. The molecule has 4 heteroatoms. The summed E-state index contributed by atoms with van der Waals surface area (Å²) in [6.45, 7) is 5.50. The normalized spacial score (nSPS) is 25.4. The Morgan fingerprint density at radius 1 is 1.41 bits per heavy atom. The molecule has 0 atom stereocenters. The summed E-state index contributed by atoms with van der Waals surface area (Å²) in [4.78, 5) is 16.8. The van der Waals surface area contributed by atoms with Crippen LogP contribution in [-0.2, 0) is 9.53 Å². The first-order valence-corrected chi connectivity index (χ1v) is 6.62. The number of likely N-dealkylation sites (tertiary alicyclic amines) is 1. The molecule has 0 aliphatic carbocycles. The number of ether oxygens (including phenoxy) is 1. The van der Waals surface area contributed by atoms with Crippen LogP contribution < -0.4 is 0 Å². The largest absolute Gasteiger partial charge is 0.379 e. The Morgan fingerprint density at radius 3 is 2.41 bits per heavy atom. The van der Waals surface area contributed by atoms with Gasteiger partial charge in [0, 0.05) is 13.1 Å². The minimum atomic E-state index is -0.210. The molecule has 2 fully saturated rings. The van der Waals surface area contributed by atoms with Crippen LogP contribution in [-0.4, -0.2) is 62.1 Å². The van der Waals surface area contributed by atoms with Gasteiger partial charge in [-0.25, -0.2) is 0 Å². The predicted molar refractivity (Wildman–Crippen MR) is 66.8 cm³/mol. The monoisotopic (exact) mass is 240 g/mol. The molecule has 0 spiro atoms. The molecule has 2 rings (SSSR count). The van der Waals surface area contributed by atoms with E-state index >= 15 is 0 Å². The third-order valence-electron chi connectivity index (χ3n) is 4.44. The maximum Gasteiger partial charge on any atom is 0.233 e. The van der Waals surface area contributed by atoms with Gasteiger partial charge in [0.25, 0.3) is 0 Å². The number of carbonyl (C=O) groups is 1. The summed E-state index contributed by atoms with van der Waals surface area (Å²) in [7, 11) is 4.11. The Bertz CT molecular complexity index is 276. The lowest BCUT2D eigenvalue weighted by Crippen LogP contribution is -2.57. The Hall–Kier alpha value is -0.610. The highest BCUT2D eigenvalue weighted by Crippen LogP contribution is 2.34. The highest BCUT2D eigenvalue weighted by atomic mass is 16.5. The highest BCUT2D eigenvalue weighted by molar-refractivity contribution is 5.83. The van der Waals surface area contributed by atoms with Crippen LogP contribution in [0.15, 0.2) is 0 Å². The van der Waals surface area contributed by atoms with E-state index in [1.165, 1.54) is 0 Å². The predicted octanol–water partition coefficient (Wildman–Crippen LogP) is 0.966. The van der Waals surface area contributed by atoms with Crippen molar-refractivity contribution in [1.82, 2.24) is 9.80 Å². The number of carbonyl (C=O) groups excluding carboxylic acids is 1. The molecule has 2 aliphatic heterocycles. The van der Waals surface area contributed by atoms with Crippen LogP contribution >= 0.6 is 0 Å². The maximum atomic E-state index is 12.5. The van der Waals surface area contributed by atoms with E-state index in [9.17, 15) is 4.79 Å². The number of amides is 1. The van der Waals surface area contributed by atoms with E-state index in [4.69, 9.17) is 4.74 Å². The molecule has 17 heavy (non-hydrogen) atoms. The van der Waals surface area contributed by atoms with Crippen LogP contribution in [0.5, 0.6) is 0 Å². The summed E-state index contributed by atoms with van der Waals surface area (Å²) in [5.41, 5.74) is -0.210. The molecule has 1 amide bonds. The van der Waals surface area contributed by atoms with Crippen molar-refractivity contribution in [3.8, 4) is 0 Å². The van der Waals surface area contributed by atoms with Crippen LogP contribution in [0.3, 0.4) is 0 Å². The van der Waals surface area contributed by atoms with Crippen molar-refractivity contribution in [1.29, 1.82) is 0 Å². The molecule has 0 aromatic heterocycles. The van der Waals surface area contributed by atoms with Gasteiger partial charge in [0.2, 0.25) is 5.91 Å². The Labute approximate surface area is 104 Å². The Kier molecular flexibility index (Phi) is 3.73. The molecule has 2 aliphatic rings. The van der Waals surface area contributed by atoms with Crippen molar-refractivity contribution in [2.24, 2.45) is 5.41 Å². The van der Waals surface area contributed by atoms with Crippen LogP contribution in [0.25, 0.3) is 0 Å². The van der Waals surface area contributed by atoms with Gasteiger partial charge in [-0.3, -0.25) is 4.79 Å². The van der Waals surface area contributed by atoms with E-state index in [0.717, 1.165) is 32.4 Å². The van der Waals surface area contributed by atoms with Crippen molar-refractivity contribution in [3.63, 3.8) is 0 Å². The summed E-state index contributed by atoms with van der Waals surface area (Å²) >= 11 is 0. The second-order valence-corrected chi connectivity index (χ2v) is 5.58. The lowest BCUT2D eigenvalue weighted by Gasteiger charge is -2.44. The van der Waals surface area contributed by atoms with Crippen molar-refractivity contribution < 1.29 is 9.53 Å². The van der Waals surface area contributed by atoms with Gasteiger partial charge < -0.3 is 14.5 Å². The molecule has 0 N–H and O–H groups in total. The van der Waals surface area contributed by atoms with Crippen LogP contribution in [0.4, 0.5) is 0 Å². The van der Waals surface area contributed by atoms with Crippen molar-refractivity contribution in [2.75, 3.05) is 40.4 Å². The number of rotatable bonds is 3. The molecule has 98 valence electrons. The smallest absolute Gasteiger partial charge is 0.233 e. The standard InChI is InChI=1S/C13H24N2O2/c1-4-13(9-17-10-13)12(16)15(3)11-5-7-14(2)8-6-11/h11H,4-10H2,1-3H3. The van der Waals surface area contributed by atoms with Crippen molar-refractivity contribution >= 4 is 5.91 Å². The zero-order valence-corrected chi connectivity index (χ0v) is 11.2. The third kappa shape index (κ3) is 2.33. The van der Waals surface area contributed by atoms with Crippen LogP contribution in [0.2, 0.25) is 0 Å². The second-order valence-electron chi connectivity index (χ2n) is 5.58. The molecule has 2 heterocycles. The quantitative estimate of drug-likeness (QED) is 0.737. The van der Waals surface area contributed by atoms with Gasteiger partial charge in [-0.15, -0.1) is 0 Å². The number of piperidine rings is 1. The molecule has 2 saturated heterocycles. The fraction of sp³-hybridized carbons (Fsp3) is 0.923. The average molecular weight is 240 g/mol. The first-order valence-electron chi connectivity index (χ1n) is 6.62. The Morgan fingerprint density at radius 2 is 2.00 bits per heavy atom. The van der Waals surface area contributed by atoms with Crippen LogP contribution in [0, 0.1) is 5.41 Å². The van der Waals surface area contributed by atoms with Gasteiger partial charge in [-0.1, -0.05) is 6.92 Å². The van der Waals surface area contributed by atoms with Gasteiger partial charge in [0.1, 0.15) is 0 Å². The maximum absolute atomic E-state index is 12.5. The summed E-state index contributed by atoms with van der Waals surface area (Å²) in [6, 6.07) is 0.419. The van der Waals surface area contributed by atoms with E-state index < -0.39 is 0 Å². The van der Waals surface area contributed by atoms with E-state index in [0.29, 0.717) is 25.2 Å².